The minimum absolute atomic E-state index is 0.130. The molecule has 1 atom stereocenters. The maximum atomic E-state index is 12.7. The molecule has 0 aromatic heterocycles. The molecule has 0 radical (unpaired) electrons. The highest BCUT2D eigenvalue weighted by Gasteiger charge is 2.35. The molecule has 1 aromatic carbocycles. The predicted molar refractivity (Wildman–Crippen MR) is 79.3 cm³/mol. The maximum absolute atomic E-state index is 12.7. The lowest BCUT2D eigenvalue weighted by Gasteiger charge is -2.26. The fourth-order valence-corrected chi connectivity index (χ4v) is 2.45. The predicted octanol–water partition coefficient (Wildman–Crippen LogP) is 1.44. The Bertz CT molecular complexity index is 418. The van der Waals surface area contributed by atoms with E-state index in [-0.39, 0.29) is 11.8 Å². The summed E-state index contributed by atoms with van der Waals surface area (Å²) in [7, 11) is 1.67. The zero-order chi connectivity index (χ0) is 14.4. The van der Waals surface area contributed by atoms with Gasteiger partial charge in [0.1, 0.15) is 0 Å². The van der Waals surface area contributed by atoms with E-state index in [9.17, 15) is 4.79 Å². The molecule has 1 saturated carbocycles. The van der Waals surface area contributed by atoms with E-state index in [0.29, 0.717) is 32.2 Å². The highest BCUT2D eigenvalue weighted by molar-refractivity contribution is 5.80. The summed E-state index contributed by atoms with van der Waals surface area (Å²) in [5.41, 5.74) is 7.00. The molecular weight excluding hydrogens is 252 g/mol. The summed E-state index contributed by atoms with van der Waals surface area (Å²) in [4.78, 5) is 14.6. The summed E-state index contributed by atoms with van der Waals surface area (Å²) >= 11 is 0. The number of nitrogens with two attached hydrogens (primary N) is 1. The lowest BCUT2D eigenvalue weighted by Crippen LogP contribution is -2.43. The van der Waals surface area contributed by atoms with Crippen LogP contribution in [0.25, 0.3) is 0 Å². The van der Waals surface area contributed by atoms with Crippen LogP contribution in [-0.4, -0.2) is 43.7 Å². The first-order valence-electron chi connectivity index (χ1n) is 7.29. The summed E-state index contributed by atoms with van der Waals surface area (Å²) in [6.07, 6.45) is 2.93. The molecular formula is C16H24N2O2. The Kier molecular flexibility index (Phi) is 5.56. The van der Waals surface area contributed by atoms with Crippen LogP contribution in [0.1, 0.15) is 18.4 Å². The quantitative estimate of drug-likeness (QED) is 0.781. The number of hydrogen-bond donors (Lipinski definition) is 1. The molecule has 2 rings (SSSR count). The fraction of sp³-hybridized carbons (Fsp3) is 0.562. The van der Waals surface area contributed by atoms with E-state index in [2.05, 4.69) is 0 Å². The molecule has 1 unspecified atom stereocenters. The standard InChI is InChI=1S/C16H24N2O2/c1-20-10-9-18(15-7-8-15)16(19)14(12-17)11-13-5-3-2-4-6-13/h2-6,14-15H,7-12,17H2,1H3. The number of methoxy groups -OCH3 is 1. The average molecular weight is 276 g/mol. The number of amides is 1. The lowest BCUT2D eigenvalue weighted by molar-refractivity contribution is -0.136. The first-order chi connectivity index (χ1) is 9.76. The molecule has 1 amide bonds. The van der Waals surface area contributed by atoms with Gasteiger partial charge < -0.3 is 15.4 Å². The van der Waals surface area contributed by atoms with Gasteiger partial charge in [0, 0.05) is 26.2 Å². The Morgan fingerprint density at radius 1 is 1.40 bits per heavy atom. The highest BCUT2D eigenvalue weighted by Crippen LogP contribution is 2.28. The minimum Gasteiger partial charge on any atom is -0.383 e. The van der Waals surface area contributed by atoms with Crippen LogP contribution in [0.4, 0.5) is 0 Å². The van der Waals surface area contributed by atoms with Gasteiger partial charge in [-0.3, -0.25) is 4.79 Å². The molecule has 0 spiro atoms. The summed E-state index contributed by atoms with van der Waals surface area (Å²) in [6, 6.07) is 10.5. The van der Waals surface area contributed by atoms with E-state index in [1.54, 1.807) is 7.11 Å². The van der Waals surface area contributed by atoms with Crippen LogP contribution in [0, 0.1) is 5.92 Å². The highest BCUT2D eigenvalue weighted by atomic mass is 16.5. The molecule has 20 heavy (non-hydrogen) atoms. The number of benzene rings is 1. The van der Waals surface area contributed by atoms with E-state index >= 15 is 0 Å². The summed E-state index contributed by atoms with van der Waals surface area (Å²) in [5, 5.41) is 0. The van der Waals surface area contributed by atoms with E-state index in [1.807, 2.05) is 35.2 Å². The van der Waals surface area contributed by atoms with Crippen molar-refractivity contribution in [3.8, 4) is 0 Å². The average Bonchev–Trinajstić information content (AvgIpc) is 3.31. The second-order valence-electron chi connectivity index (χ2n) is 5.38. The van der Waals surface area contributed by atoms with Crippen LogP contribution in [0.5, 0.6) is 0 Å². The third-order valence-corrected chi connectivity index (χ3v) is 3.77. The Labute approximate surface area is 120 Å². The Hall–Kier alpha value is -1.39. The van der Waals surface area contributed by atoms with Gasteiger partial charge in [0.05, 0.1) is 12.5 Å². The monoisotopic (exact) mass is 276 g/mol. The van der Waals surface area contributed by atoms with Gasteiger partial charge >= 0.3 is 0 Å². The van der Waals surface area contributed by atoms with Crippen molar-refractivity contribution in [2.24, 2.45) is 11.7 Å². The van der Waals surface area contributed by atoms with E-state index in [0.717, 1.165) is 12.8 Å². The number of ether oxygens (including phenoxy) is 1. The second kappa shape index (κ2) is 7.41. The Morgan fingerprint density at radius 3 is 2.65 bits per heavy atom. The van der Waals surface area contributed by atoms with Crippen molar-refractivity contribution in [1.29, 1.82) is 0 Å². The fourth-order valence-electron chi connectivity index (χ4n) is 2.45. The van der Waals surface area contributed by atoms with Crippen molar-refractivity contribution in [2.75, 3.05) is 26.8 Å². The van der Waals surface area contributed by atoms with Gasteiger partial charge in [-0.05, 0) is 24.8 Å². The molecule has 0 bridgehead atoms. The molecule has 0 heterocycles. The van der Waals surface area contributed by atoms with Crippen molar-refractivity contribution in [1.82, 2.24) is 4.90 Å². The molecule has 2 N–H and O–H groups in total. The van der Waals surface area contributed by atoms with Crippen LogP contribution in [-0.2, 0) is 16.0 Å². The zero-order valence-corrected chi connectivity index (χ0v) is 12.1. The van der Waals surface area contributed by atoms with Crippen LogP contribution in [0.15, 0.2) is 30.3 Å². The van der Waals surface area contributed by atoms with Gasteiger partial charge in [-0.25, -0.2) is 0 Å². The minimum atomic E-state index is -0.130. The van der Waals surface area contributed by atoms with Gasteiger partial charge in [0.2, 0.25) is 5.91 Å². The lowest BCUT2D eigenvalue weighted by atomic mass is 9.98. The van der Waals surface area contributed by atoms with Gasteiger partial charge in [-0.1, -0.05) is 30.3 Å². The largest absolute Gasteiger partial charge is 0.383 e. The molecule has 4 nitrogen and oxygen atoms in total. The number of nitrogens with zero attached hydrogens (tertiary/aromatic N) is 1. The number of rotatable bonds is 8. The molecule has 0 saturated heterocycles. The normalized spacial score (nSPS) is 15.9. The van der Waals surface area contributed by atoms with Crippen LogP contribution in [0.2, 0.25) is 0 Å². The van der Waals surface area contributed by atoms with Gasteiger partial charge in [-0.2, -0.15) is 0 Å². The smallest absolute Gasteiger partial charge is 0.227 e. The maximum Gasteiger partial charge on any atom is 0.227 e. The Balaban J connectivity index is 1.99. The molecule has 4 heteroatoms. The van der Waals surface area contributed by atoms with Crippen molar-refractivity contribution < 1.29 is 9.53 Å². The molecule has 1 aliphatic carbocycles. The number of carbonyl (C=O) groups excluding carboxylic acids is 1. The van der Waals surface area contributed by atoms with Gasteiger partial charge in [0.15, 0.2) is 0 Å². The first-order valence-corrected chi connectivity index (χ1v) is 7.29. The molecule has 1 aliphatic rings. The van der Waals surface area contributed by atoms with Crippen LogP contribution >= 0.6 is 0 Å². The molecule has 1 fully saturated rings. The van der Waals surface area contributed by atoms with Crippen LogP contribution < -0.4 is 5.73 Å². The van der Waals surface area contributed by atoms with E-state index in [1.165, 1.54) is 5.56 Å². The van der Waals surface area contributed by atoms with Crippen molar-refractivity contribution in [2.45, 2.75) is 25.3 Å². The zero-order valence-electron chi connectivity index (χ0n) is 12.1. The van der Waals surface area contributed by atoms with Gasteiger partial charge in [0.25, 0.3) is 0 Å². The molecule has 1 aromatic rings. The number of carbonyl (C=O) groups is 1. The molecule has 110 valence electrons. The van der Waals surface area contributed by atoms with Crippen LogP contribution in [0.3, 0.4) is 0 Å². The van der Waals surface area contributed by atoms with E-state index in [4.69, 9.17) is 10.5 Å². The topological polar surface area (TPSA) is 55.6 Å². The summed E-state index contributed by atoms with van der Waals surface area (Å²) in [5.74, 6) is 0.0470. The van der Waals surface area contributed by atoms with Crippen molar-refractivity contribution in [3.63, 3.8) is 0 Å². The third-order valence-electron chi connectivity index (χ3n) is 3.77. The first kappa shape index (κ1) is 15.0. The second-order valence-corrected chi connectivity index (χ2v) is 5.38. The van der Waals surface area contributed by atoms with Crippen molar-refractivity contribution in [3.05, 3.63) is 35.9 Å². The Morgan fingerprint density at radius 2 is 2.10 bits per heavy atom. The third kappa shape index (κ3) is 4.05. The van der Waals surface area contributed by atoms with Crippen molar-refractivity contribution >= 4 is 5.91 Å². The van der Waals surface area contributed by atoms with Gasteiger partial charge in [-0.15, -0.1) is 0 Å². The summed E-state index contributed by atoms with van der Waals surface area (Å²) < 4.78 is 5.11. The molecule has 0 aliphatic heterocycles. The number of hydrogen-bond acceptors (Lipinski definition) is 3. The van der Waals surface area contributed by atoms with E-state index < -0.39 is 0 Å². The SMILES string of the molecule is COCCN(C(=O)C(CN)Cc1ccccc1)C1CC1. The summed E-state index contributed by atoms with van der Waals surface area (Å²) in [6.45, 7) is 1.65.